The normalized spacial score (nSPS) is 11.9. The van der Waals surface area contributed by atoms with Crippen LogP contribution in [-0.2, 0) is 0 Å². The van der Waals surface area contributed by atoms with Crippen LogP contribution in [0.2, 0.25) is 0 Å². The first-order valence-corrected chi connectivity index (χ1v) is 21.3. The number of hydrogen-bond acceptors (Lipinski definition) is 2. The Bertz CT molecular complexity index is 3680. The number of hydrogen-bond donors (Lipinski definition) is 0. The van der Waals surface area contributed by atoms with Gasteiger partial charge in [-0.25, -0.2) is 4.98 Å². The van der Waals surface area contributed by atoms with Gasteiger partial charge in [-0.1, -0.05) is 188 Å². The Morgan fingerprint density at radius 1 is 0.274 bits per heavy atom. The summed E-state index contributed by atoms with van der Waals surface area (Å²) < 4.78 is 0. The molecule has 2 aromatic heterocycles. The quantitative estimate of drug-likeness (QED) is 0.162. The molecule has 1 aliphatic rings. The zero-order valence-electron chi connectivity index (χ0n) is 33.7. The van der Waals surface area contributed by atoms with Crippen molar-refractivity contribution in [1.82, 2.24) is 9.97 Å². The van der Waals surface area contributed by atoms with E-state index in [0.717, 1.165) is 33.1 Å². The van der Waals surface area contributed by atoms with Gasteiger partial charge in [-0.2, -0.15) is 0 Å². The van der Waals surface area contributed by atoms with Crippen LogP contribution in [0.25, 0.3) is 132 Å². The van der Waals surface area contributed by atoms with E-state index in [1.165, 1.54) is 99.1 Å². The van der Waals surface area contributed by atoms with Gasteiger partial charge in [0.2, 0.25) is 0 Å². The highest BCUT2D eigenvalue weighted by Crippen LogP contribution is 2.58. The van der Waals surface area contributed by atoms with E-state index in [1.807, 2.05) is 12.3 Å². The predicted molar refractivity (Wildman–Crippen MR) is 261 cm³/mol. The van der Waals surface area contributed by atoms with Gasteiger partial charge in [0.25, 0.3) is 0 Å². The zero-order valence-corrected chi connectivity index (χ0v) is 33.7. The van der Waals surface area contributed by atoms with Crippen molar-refractivity contribution in [2.24, 2.45) is 0 Å². The van der Waals surface area contributed by atoms with Crippen molar-refractivity contribution in [2.45, 2.75) is 0 Å². The summed E-state index contributed by atoms with van der Waals surface area (Å²) in [5.41, 5.74) is 19.1. The molecule has 1 aliphatic carbocycles. The van der Waals surface area contributed by atoms with Crippen LogP contribution < -0.4 is 0 Å². The standard InChI is InChI=1S/C60H36N2/c1-3-11-39(12-4-1)54-49-16-7-8-17-50(49)55(40-13-5-2-6-14-40)58-52-32-31-47(48-18-9-19-51(56(48)52)57(54)58)46-29-28-44-35-43(26-27-45(44)36-46)37-20-22-38(23-21-37)53-33-30-42-25-24-41-15-10-34-61-59(41)60(42)62-53/h1-36H. The highest BCUT2D eigenvalue weighted by Gasteiger charge is 2.31. The summed E-state index contributed by atoms with van der Waals surface area (Å²) >= 11 is 0. The van der Waals surface area contributed by atoms with Gasteiger partial charge in [-0.15, -0.1) is 0 Å². The number of nitrogens with zero attached hydrogens (tertiary/aromatic N) is 2. The molecule has 286 valence electrons. The van der Waals surface area contributed by atoms with Gasteiger partial charge < -0.3 is 0 Å². The van der Waals surface area contributed by atoms with Gasteiger partial charge in [0, 0.05) is 22.5 Å². The molecule has 13 rings (SSSR count). The molecule has 0 bridgehead atoms. The molecular formula is C60H36N2. The number of pyridine rings is 2. The van der Waals surface area contributed by atoms with Crippen molar-refractivity contribution in [3.8, 4) is 78.0 Å². The van der Waals surface area contributed by atoms with Crippen molar-refractivity contribution < 1.29 is 0 Å². The second-order valence-corrected chi connectivity index (χ2v) is 16.4. The van der Waals surface area contributed by atoms with Crippen molar-refractivity contribution in [3.05, 3.63) is 219 Å². The second kappa shape index (κ2) is 13.7. The molecule has 10 aromatic carbocycles. The molecule has 0 unspecified atom stereocenters. The van der Waals surface area contributed by atoms with Crippen LogP contribution in [0.15, 0.2) is 219 Å². The average molecular weight is 785 g/mol. The summed E-state index contributed by atoms with van der Waals surface area (Å²) in [5, 5.41) is 9.80. The van der Waals surface area contributed by atoms with E-state index < -0.39 is 0 Å². The number of benzene rings is 10. The Balaban J connectivity index is 0.900. The van der Waals surface area contributed by atoms with E-state index in [4.69, 9.17) is 4.98 Å². The predicted octanol–water partition coefficient (Wildman–Crippen LogP) is 16.2. The Labute approximate surface area is 359 Å². The third-order valence-electron chi connectivity index (χ3n) is 13.0. The van der Waals surface area contributed by atoms with Crippen LogP contribution in [-0.4, -0.2) is 9.97 Å². The fraction of sp³-hybridized carbons (Fsp3) is 0. The molecule has 0 aliphatic heterocycles. The Kier molecular flexibility index (Phi) is 7.64. The van der Waals surface area contributed by atoms with E-state index in [-0.39, 0.29) is 0 Å². The molecule has 62 heavy (non-hydrogen) atoms. The third-order valence-corrected chi connectivity index (χ3v) is 13.0. The molecule has 0 amide bonds. The summed E-state index contributed by atoms with van der Waals surface area (Å²) in [5.74, 6) is 0. The van der Waals surface area contributed by atoms with Crippen molar-refractivity contribution in [2.75, 3.05) is 0 Å². The highest BCUT2D eigenvalue weighted by atomic mass is 14.7. The van der Waals surface area contributed by atoms with Gasteiger partial charge in [0.05, 0.1) is 16.7 Å². The molecule has 2 heteroatoms. The largest absolute Gasteiger partial charge is 0.254 e. The SMILES string of the molecule is c1ccc(-c2c3c(c(-c4ccccc4)c4ccccc24)-c2ccc(-c4ccc5cc(-c6ccc(-c7ccc8ccc9cccnc9c8n7)cc6)ccc5c4)c4cccc-3c24)cc1. The first-order chi connectivity index (χ1) is 30.7. The minimum absolute atomic E-state index is 0.934. The molecule has 12 aromatic rings. The van der Waals surface area contributed by atoms with Crippen LogP contribution in [0.1, 0.15) is 0 Å². The summed E-state index contributed by atoms with van der Waals surface area (Å²) in [4.78, 5) is 9.72. The maximum Gasteiger partial charge on any atom is 0.0972 e. The van der Waals surface area contributed by atoms with Gasteiger partial charge in [0.15, 0.2) is 0 Å². The smallest absolute Gasteiger partial charge is 0.0972 e. The Morgan fingerprint density at radius 2 is 0.806 bits per heavy atom. The molecule has 0 radical (unpaired) electrons. The fourth-order valence-corrected chi connectivity index (χ4v) is 10.2. The molecule has 0 N–H and O–H groups in total. The maximum atomic E-state index is 5.07. The van der Waals surface area contributed by atoms with E-state index >= 15 is 0 Å². The summed E-state index contributed by atoms with van der Waals surface area (Å²) in [6, 6.07) is 77.6. The van der Waals surface area contributed by atoms with Crippen LogP contribution in [0.4, 0.5) is 0 Å². The molecule has 0 spiro atoms. The lowest BCUT2D eigenvalue weighted by molar-refractivity contribution is 1.37. The van der Waals surface area contributed by atoms with Gasteiger partial charge >= 0.3 is 0 Å². The lowest BCUT2D eigenvalue weighted by Crippen LogP contribution is -1.93. The zero-order chi connectivity index (χ0) is 40.7. The topological polar surface area (TPSA) is 25.8 Å². The van der Waals surface area contributed by atoms with E-state index in [0.29, 0.717) is 0 Å². The van der Waals surface area contributed by atoms with Gasteiger partial charge in [-0.3, -0.25) is 4.98 Å². The third kappa shape index (κ3) is 5.30. The molecule has 0 atom stereocenters. The molecule has 2 heterocycles. The van der Waals surface area contributed by atoms with Gasteiger partial charge in [-0.05, 0) is 123 Å². The Hall–Kier alpha value is -8.20. The number of rotatable bonds is 5. The first-order valence-electron chi connectivity index (χ1n) is 21.3. The molecule has 0 fully saturated rings. The summed E-state index contributed by atoms with van der Waals surface area (Å²) in [7, 11) is 0. The second-order valence-electron chi connectivity index (χ2n) is 16.4. The molecule has 0 saturated heterocycles. The fourth-order valence-electron chi connectivity index (χ4n) is 10.2. The Morgan fingerprint density at radius 3 is 1.52 bits per heavy atom. The number of aromatic nitrogens is 2. The van der Waals surface area contributed by atoms with Crippen LogP contribution in [0, 0.1) is 0 Å². The highest BCUT2D eigenvalue weighted by molar-refractivity contribution is 6.29. The summed E-state index contributed by atoms with van der Waals surface area (Å²) in [6.07, 6.45) is 1.84. The molecule has 2 nitrogen and oxygen atoms in total. The lowest BCUT2D eigenvalue weighted by Gasteiger charge is -2.20. The first kappa shape index (κ1) is 34.6. The summed E-state index contributed by atoms with van der Waals surface area (Å²) in [6.45, 7) is 0. The van der Waals surface area contributed by atoms with E-state index in [2.05, 4.69) is 211 Å². The van der Waals surface area contributed by atoms with Crippen molar-refractivity contribution >= 4 is 54.1 Å². The lowest BCUT2D eigenvalue weighted by atomic mass is 9.82. The minimum Gasteiger partial charge on any atom is -0.254 e. The van der Waals surface area contributed by atoms with Gasteiger partial charge in [0.1, 0.15) is 0 Å². The average Bonchev–Trinajstić information content (AvgIpc) is 3.68. The maximum absolute atomic E-state index is 5.07. The van der Waals surface area contributed by atoms with Crippen molar-refractivity contribution in [1.29, 1.82) is 0 Å². The van der Waals surface area contributed by atoms with Crippen LogP contribution in [0.3, 0.4) is 0 Å². The molecule has 0 saturated carbocycles. The monoisotopic (exact) mass is 784 g/mol. The number of fused-ring (bicyclic) bond motifs is 8. The van der Waals surface area contributed by atoms with E-state index in [9.17, 15) is 0 Å². The van der Waals surface area contributed by atoms with Crippen molar-refractivity contribution in [3.63, 3.8) is 0 Å². The van der Waals surface area contributed by atoms with Crippen LogP contribution >= 0.6 is 0 Å². The van der Waals surface area contributed by atoms with E-state index in [1.54, 1.807) is 0 Å². The molecular weight excluding hydrogens is 749 g/mol. The minimum atomic E-state index is 0.934. The van der Waals surface area contributed by atoms with Crippen LogP contribution in [0.5, 0.6) is 0 Å².